The van der Waals surface area contributed by atoms with Gasteiger partial charge in [0.05, 0.1) is 0 Å². The van der Waals surface area contributed by atoms with Crippen LogP contribution in [0.15, 0.2) is 18.2 Å². The number of carbonyl (C=O) groups is 1. The van der Waals surface area contributed by atoms with Crippen molar-refractivity contribution in [3.8, 4) is 0 Å². The van der Waals surface area contributed by atoms with Crippen LogP contribution in [0.2, 0.25) is 0 Å². The Labute approximate surface area is 104 Å². The zero-order valence-corrected chi connectivity index (χ0v) is 10.9. The number of rotatable bonds is 3. The van der Waals surface area contributed by atoms with Gasteiger partial charge in [-0.2, -0.15) is 0 Å². The Bertz CT molecular complexity index is 395. The number of carbonyl (C=O) groups excluding carboxylic acids is 1. The lowest BCUT2D eigenvalue weighted by Crippen LogP contribution is -2.12. The molecular weight excluding hydrogens is 208 g/mol. The third kappa shape index (κ3) is 2.77. The Morgan fingerprint density at radius 2 is 2.18 bits per heavy atom. The fourth-order valence-electron chi connectivity index (χ4n) is 3.04. The van der Waals surface area contributed by atoms with Crippen molar-refractivity contribution in [3.05, 3.63) is 34.9 Å². The average molecular weight is 230 g/mol. The quantitative estimate of drug-likeness (QED) is 0.705. The molecular formula is C16H22O. The van der Waals surface area contributed by atoms with Crippen LogP contribution < -0.4 is 0 Å². The fraction of sp³-hybridized carbons (Fsp3) is 0.562. The second-order valence-corrected chi connectivity index (χ2v) is 5.40. The van der Waals surface area contributed by atoms with Gasteiger partial charge in [-0.3, -0.25) is 4.79 Å². The topological polar surface area (TPSA) is 17.1 Å². The Morgan fingerprint density at radius 3 is 2.82 bits per heavy atom. The van der Waals surface area contributed by atoms with Crippen LogP contribution in [0, 0.1) is 5.92 Å². The van der Waals surface area contributed by atoms with E-state index in [1.54, 1.807) is 0 Å². The van der Waals surface area contributed by atoms with Crippen molar-refractivity contribution < 1.29 is 4.79 Å². The van der Waals surface area contributed by atoms with Gasteiger partial charge in [-0.05, 0) is 42.2 Å². The Balaban J connectivity index is 2.23. The van der Waals surface area contributed by atoms with Crippen molar-refractivity contribution in [1.82, 2.24) is 0 Å². The fourth-order valence-corrected chi connectivity index (χ4v) is 3.04. The zero-order chi connectivity index (χ0) is 12.3. The summed E-state index contributed by atoms with van der Waals surface area (Å²) in [5, 5.41) is 0. The van der Waals surface area contributed by atoms with Crippen LogP contribution in [0.25, 0.3) is 0 Å². The molecule has 0 saturated heterocycles. The highest BCUT2D eigenvalue weighted by molar-refractivity contribution is 5.77. The molecule has 0 N–H and O–H groups in total. The van der Waals surface area contributed by atoms with Crippen molar-refractivity contribution in [1.29, 1.82) is 0 Å². The molecule has 0 aromatic heterocycles. The minimum absolute atomic E-state index is 0.713. The van der Waals surface area contributed by atoms with E-state index in [1.807, 2.05) is 6.07 Å². The highest BCUT2D eigenvalue weighted by Crippen LogP contribution is 2.36. The molecule has 2 unspecified atom stereocenters. The van der Waals surface area contributed by atoms with E-state index < -0.39 is 0 Å². The second-order valence-electron chi connectivity index (χ2n) is 5.40. The molecule has 1 aromatic rings. The van der Waals surface area contributed by atoms with Crippen LogP contribution in [0.5, 0.6) is 0 Å². The van der Waals surface area contributed by atoms with E-state index in [1.165, 1.54) is 36.8 Å². The second kappa shape index (κ2) is 5.48. The van der Waals surface area contributed by atoms with Crippen LogP contribution in [-0.4, -0.2) is 6.29 Å². The molecule has 1 aliphatic rings. The normalized spacial score (nSPS) is 24.6. The van der Waals surface area contributed by atoms with E-state index in [0.29, 0.717) is 5.92 Å². The van der Waals surface area contributed by atoms with Gasteiger partial charge >= 0.3 is 0 Å². The highest BCUT2D eigenvalue weighted by atomic mass is 16.1. The monoisotopic (exact) mass is 230 g/mol. The first-order valence-electron chi connectivity index (χ1n) is 6.82. The minimum Gasteiger partial charge on any atom is -0.298 e. The molecule has 0 amide bonds. The van der Waals surface area contributed by atoms with Crippen LogP contribution >= 0.6 is 0 Å². The predicted octanol–water partition coefficient (Wildman–Crippen LogP) is 4.36. The first-order valence-corrected chi connectivity index (χ1v) is 6.82. The maximum Gasteiger partial charge on any atom is 0.150 e. The molecule has 0 radical (unpaired) electrons. The van der Waals surface area contributed by atoms with E-state index in [4.69, 9.17) is 0 Å². The molecule has 0 heterocycles. The Kier molecular flexibility index (Phi) is 3.98. The van der Waals surface area contributed by atoms with Gasteiger partial charge in [0.15, 0.2) is 0 Å². The van der Waals surface area contributed by atoms with E-state index in [2.05, 4.69) is 26.0 Å². The summed E-state index contributed by atoms with van der Waals surface area (Å²) in [6.07, 6.45) is 7.28. The summed E-state index contributed by atoms with van der Waals surface area (Å²) in [7, 11) is 0. The molecule has 2 rings (SSSR count). The maximum absolute atomic E-state index is 10.9. The van der Waals surface area contributed by atoms with E-state index in [-0.39, 0.29) is 0 Å². The van der Waals surface area contributed by atoms with Gasteiger partial charge in [-0.15, -0.1) is 0 Å². The number of aryl methyl sites for hydroxylation is 1. The molecule has 1 nitrogen and oxygen atoms in total. The van der Waals surface area contributed by atoms with E-state index >= 15 is 0 Å². The minimum atomic E-state index is 0.713. The standard InChI is InChI=1S/C16H22O/c1-3-13-10-15(7-8-16(13)11-17)14-6-4-5-12(2)9-14/h7-8,10-12,14H,3-6,9H2,1-2H3. The predicted molar refractivity (Wildman–Crippen MR) is 71.6 cm³/mol. The number of benzene rings is 1. The van der Waals surface area contributed by atoms with Crippen LogP contribution in [-0.2, 0) is 6.42 Å². The van der Waals surface area contributed by atoms with Gasteiger partial charge in [-0.1, -0.05) is 44.9 Å². The number of aldehydes is 1. The lowest BCUT2D eigenvalue weighted by molar-refractivity contribution is 0.112. The van der Waals surface area contributed by atoms with Crippen molar-refractivity contribution >= 4 is 6.29 Å². The maximum atomic E-state index is 10.9. The molecule has 0 spiro atoms. The summed E-state index contributed by atoms with van der Waals surface area (Å²) in [5.41, 5.74) is 3.51. The van der Waals surface area contributed by atoms with Gasteiger partial charge in [0.2, 0.25) is 0 Å². The van der Waals surface area contributed by atoms with Crippen LogP contribution in [0.3, 0.4) is 0 Å². The number of hydrogen-bond acceptors (Lipinski definition) is 1. The summed E-state index contributed by atoms with van der Waals surface area (Å²) in [6.45, 7) is 4.47. The summed E-state index contributed by atoms with van der Waals surface area (Å²) >= 11 is 0. The summed E-state index contributed by atoms with van der Waals surface area (Å²) < 4.78 is 0. The van der Waals surface area contributed by atoms with Crippen LogP contribution in [0.1, 0.15) is 66.9 Å². The van der Waals surface area contributed by atoms with Crippen molar-refractivity contribution in [2.75, 3.05) is 0 Å². The Morgan fingerprint density at radius 1 is 1.35 bits per heavy atom. The molecule has 0 bridgehead atoms. The number of hydrogen-bond donors (Lipinski definition) is 0. The van der Waals surface area contributed by atoms with Crippen molar-refractivity contribution in [3.63, 3.8) is 0 Å². The largest absolute Gasteiger partial charge is 0.298 e. The molecule has 1 heteroatoms. The average Bonchev–Trinajstić information content (AvgIpc) is 2.38. The zero-order valence-electron chi connectivity index (χ0n) is 10.9. The lowest BCUT2D eigenvalue weighted by Gasteiger charge is -2.27. The molecule has 92 valence electrons. The van der Waals surface area contributed by atoms with Gasteiger partial charge in [-0.25, -0.2) is 0 Å². The molecule has 0 aliphatic heterocycles. The molecule has 1 aromatic carbocycles. The first kappa shape index (κ1) is 12.3. The highest BCUT2D eigenvalue weighted by Gasteiger charge is 2.20. The molecule has 1 saturated carbocycles. The summed E-state index contributed by atoms with van der Waals surface area (Å²) in [4.78, 5) is 10.9. The SMILES string of the molecule is CCc1cc(C2CCCC(C)C2)ccc1C=O. The first-order chi connectivity index (χ1) is 8.24. The van der Waals surface area contributed by atoms with Gasteiger partial charge in [0.1, 0.15) is 6.29 Å². The summed E-state index contributed by atoms with van der Waals surface area (Å²) in [5.74, 6) is 1.56. The smallest absolute Gasteiger partial charge is 0.150 e. The van der Waals surface area contributed by atoms with Crippen molar-refractivity contribution in [2.45, 2.75) is 51.9 Å². The van der Waals surface area contributed by atoms with Gasteiger partial charge < -0.3 is 0 Å². The van der Waals surface area contributed by atoms with Crippen LogP contribution in [0.4, 0.5) is 0 Å². The molecule has 2 atom stereocenters. The van der Waals surface area contributed by atoms with E-state index in [9.17, 15) is 4.79 Å². The third-order valence-corrected chi connectivity index (χ3v) is 4.08. The molecule has 1 fully saturated rings. The van der Waals surface area contributed by atoms with Crippen molar-refractivity contribution in [2.24, 2.45) is 5.92 Å². The van der Waals surface area contributed by atoms with Gasteiger partial charge in [0.25, 0.3) is 0 Å². The molecule has 1 aliphatic carbocycles. The Hall–Kier alpha value is -1.11. The third-order valence-electron chi connectivity index (χ3n) is 4.08. The molecule has 17 heavy (non-hydrogen) atoms. The van der Waals surface area contributed by atoms with E-state index in [0.717, 1.165) is 24.2 Å². The summed E-state index contributed by atoms with van der Waals surface area (Å²) in [6, 6.07) is 6.42. The lowest BCUT2D eigenvalue weighted by atomic mass is 9.78. The van der Waals surface area contributed by atoms with Gasteiger partial charge in [0, 0.05) is 5.56 Å².